The van der Waals surface area contributed by atoms with Crippen LogP contribution < -0.4 is 15.5 Å². The zero-order valence-corrected chi connectivity index (χ0v) is 14.1. The summed E-state index contributed by atoms with van der Waals surface area (Å²) >= 11 is 0. The normalized spacial score (nSPS) is 17.4. The first-order valence-corrected chi connectivity index (χ1v) is 9.01. The van der Waals surface area contributed by atoms with Crippen LogP contribution in [-0.2, 0) is 19.4 Å². The molecule has 2 aliphatic heterocycles. The molecule has 2 aromatic rings. The van der Waals surface area contributed by atoms with Gasteiger partial charge in [0.05, 0.1) is 5.69 Å². The molecule has 0 bridgehead atoms. The molecule has 5 nitrogen and oxygen atoms in total. The fraction of sp³-hybridized carbons (Fsp3) is 0.474. The SMILES string of the molecule is c1cc(CNc2ncnc3c2CCNCC3)cc(N2CCCC2)c1. The number of hydrogen-bond acceptors (Lipinski definition) is 5. The number of hydrogen-bond donors (Lipinski definition) is 2. The molecule has 1 fully saturated rings. The van der Waals surface area contributed by atoms with E-state index < -0.39 is 0 Å². The Morgan fingerprint density at radius 2 is 1.96 bits per heavy atom. The van der Waals surface area contributed by atoms with Crippen LogP contribution >= 0.6 is 0 Å². The molecule has 1 aromatic carbocycles. The summed E-state index contributed by atoms with van der Waals surface area (Å²) in [5.41, 5.74) is 5.11. The molecular formula is C19H25N5. The molecule has 126 valence electrons. The highest BCUT2D eigenvalue weighted by atomic mass is 15.1. The highest BCUT2D eigenvalue weighted by Gasteiger charge is 2.15. The standard InChI is InChI=1S/C19H25N5/c1-2-11-24(10-1)16-5-3-4-15(12-16)13-21-19-17-6-8-20-9-7-18(17)22-14-23-19/h3-5,12,14,20H,1-2,6-11,13H2,(H,21,22,23). The van der Waals surface area contributed by atoms with Gasteiger partial charge in [0.25, 0.3) is 0 Å². The topological polar surface area (TPSA) is 53.1 Å². The average Bonchev–Trinajstić information content (AvgIpc) is 3.05. The molecule has 24 heavy (non-hydrogen) atoms. The van der Waals surface area contributed by atoms with Gasteiger partial charge in [-0.15, -0.1) is 0 Å². The van der Waals surface area contributed by atoms with Crippen LogP contribution in [0.1, 0.15) is 29.7 Å². The van der Waals surface area contributed by atoms with E-state index in [9.17, 15) is 0 Å². The lowest BCUT2D eigenvalue weighted by Gasteiger charge is -2.19. The van der Waals surface area contributed by atoms with Gasteiger partial charge in [-0.25, -0.2) is 9.97 Å². The molecule has 2 N–H and O–H groups in total. The Balaban J connectivity index is 1.48. The lowest BCUT2D eigenvalue weighted by Crippen LogP contribution is -2.17. The largest absolute Gasteiger partial charge is 0.372 e. The molecule has 0 unspecified atom stereocenters. The minimum atomic E-state index is 0.804. The third-order valence-electron chi connectivity index (χ3n) is 4.97. The summed E-state index contributed by atoms with van der Waals surface area (Å²) in [6.07, 6.45) is 6.28. The first-order valence-electron chi connectivity index (χ1n) is 9.01. The van der Waals surface area contributed by atoms with Gasteiger partial charge in [-0.3, -0.25) is 0 Å². The predicted molar refractivity (Wildman–Crippen MR) is 97.5 cm³/mol. The fourth-order valence-electron chi connectivity index (χ4n) is 3.65. The van der Waals surface area contributed by atoms with Crippen molar-refractivity contribution in [3.8, 4) is 0 Å². The molecule has 0 spiro atoms. The number of rotatable bonds is 4. The molecular weight excluding hydrogens is 298 g/mol. The van der Waals surface area contributed by atoms with E-state index in [1.807, 2.05) is 0 Å². The third kappa shape index (κ3) is 3.36. The average molecular weight is 323 g/mol. The maximum absolute atomic E-state index is 4.49. The lowest BCUT2D eigenvalue weighted by molar-refractivity contribution is 0.708. The number of benzene rings is 1. The molecule has 0 radical (unpaired) electrons. The van der Waals surface area contributed by atoms with Crippen molar-refractivity contribution in [3.63, 3.8) is 0 Å². The number of nitrogens with one attached hydrogen (secondary N) is 2. The molecule has 0 amide bonds. The molecule has 0 aliphatic carbocycles. The second kappa shape index (κ2) is 7.18. The Bertz CT molecular complexity index is 694. The van der Waals surface area contributed by atoms with Crippen molar-refractivity contribution in [1.82, 2.24) is 15.3 Å². The summed E-state index contributed by atoms with van der Waals surface area (Å²) in [5.74, 6) is 0.996. The summed E-state index contributed by atoms with van der Waals surface area (Å²) in [6.45, 7) is 5.17. The van der Waals surface area contributed by atoms with E-state index in [-0.39, 0.29) is 0 Å². The van der Waals surface area contributed by atoms with E-state index in [0.717, 1.165) is 38.3 Å². The quantitative estimate of drug-likeness (QED) is 0.905. The van der Waals surface area contributed by atoms with E-state index in [1.54, 1.807) is 6.33 Å². The summed E-state index contributed by atoms with van der Waals surface area (Å²) in [4.78, 5) is 11.4. The zero-order chi connectivity index (χ0) is 16.2. The highest BCUT2D eigenvalue weighted by Crippen LogP contribution is 2.23. The minimum absolute atomic E-state index is 0.804. The molecule has 2 aliphatic rings. The second-order valence-electron chi connectivity index (χ2n) is 6.62. The van der Waals surface area contributed by atoms with Gasteiger partial charge in [0.2, 0.25) is 0 Å². The zero-order valence-electron chi connectivity index (χ0n) is 14.1. The summed E-state index contributed by atoms with van der Waals surface area (Å²) in [7, 11) is 0. The minimum Gasteiger partial charge on any atom is -0.372 e. The van der Waals surface area contributed by atoms with Gasteiger partial charge in [-0.2, -0.15) is 0 Å². The maximum atomic E-state index is 4.49. The lowest BCUT2D eigenvalue weighted by atomic mass is 10.1. The van der Waals surface area contributed by atoms with Crippen molar-refractivity contribution < 1.29 is 0 Å². The van der Waals surface area contributed by atoms with Gasteiger partial charge >= 0.3 is 0 Å². The van der Waals surface area contributed by atoms with E-state index in [2.05, 4.69) is 49.8 Å². The van der Waals surface area contributed by atoms with E-state index in [4.69, 9.17) is 0 Å². The van der Waals surface area contributed by atoms with Gasteiger partial charge in [-0.05, 0) is 43.5 Å². The number of aromatic nitrogens is 2. The van der Waals surface area contributed by atoms with E-state index >= 15 is 0 Å². The molecule has 4 rings (SSSR count). The smallest absolute Gasteiger partial charge is 0.133 e. The van der Waals surface area contributed by atoms with Crippen LogP contribution in [0.3, 0.4) is 0 Å². The Labute approximate surface area is 143 Å². The Kier molecular flexibility index (Phi) is 4.60. The van der Waals surface area contributed by atoms with Crippen molar-refractivity contribution in [2.75, 3.05) is 36.4 Å². The van der Waals surface area contributed by atoms with Crippen LogP contribution in [0.15, 0.2) is 30.6 Å². The van der Waals surface area contributed by atoms with E-state index in [0.29, 0.717) is 0 Å². The van der Waals surface area contributed by atoms with Gasteiger partial charge < -0.3 is 15.5 Å². The van der Waals surface area contributed by atoms with Crippen LogP contribution in [0.4, 0.5) is 11.5 Å². The van der Waals surface area contributed by atoms with Gasteiger partial charge in [0.1, 0.15) is 12.1 Å². The van der Waals surface area contributed by atoms with Crippen LogP contribution in [0.25, 0.3) is 0 Å². The first-order chi connectivity index (χ1) is 11.9. The van der Waals surface area contributed by atoms with Crippen LogP contribution in [-0.4, -0.2) is 36.1 Å². The van der Waals surface area contributed by atoms with Crippen LogP contribution in [0, 0.1) is 0 Å². The first kappa shape index (κ1) is 15.4. The molecule has 1 saturated heterocycles. The summed E-state index contributed by atoms with van der Waals surface area (Å²) in [5, 5.41) is 6.97. The number of nitrogens with zero attached hydrogens (tertiary/aromatic N) is 3. The Morgan fingerprint density at radius 3 is 2.88 bits per heavy atom. The van der Waals surface area contributed by atoms with Gasteiger partial charge in [-0.1, -0.05) is 12.1 Å². The Hall–Kier alpha value is -2.14. The van der Waals surface area contributed by atoms with Crippen LogP contribution in [0.2, 0.25) is 0 Å². The van der Waals surface area contributed by atoms with Gasteiger partial charge in [0, 0.05) is 43.9 Å². The fourth-order valence-corrected chi connectivity index (χ4v) is 3.65. The molecule has 1 aromatic heterocycles. The van der Waals surface area contributed by atoms with E-state index in [1.165, 1.54) is 48.4 Å². The summed E-state index contributed by atoms with van der Waals surface area (Å²) in [6, 6.07) is 8.88. The molecule has 3 heterocycles. The van der Waals surface area contributed by atoms with Crippen molar-refractivity contribution in [2.45, 2.75) is 32.2 Å². The number of anilines is 2. The monoisotopic (exact) mass is 323 g/mol. The Morgan fingerprint density at radius 1 is 1.08 bits per heavy atom. The number of fused-ring (bicyclic) bond motifs is 1. The van der Waals surface area contributed by atoms with Crippen molar-refractivity contribution in [1.29, 1.82) is 0 Å². The molecule has 0 atom stereocenters. The van der Waals surface area contributed by atoms with Crippen molar-refractivity contribution in [3.05, 3.63) is 47.4 Å². The van der Waals surface area contributed by atoms with Crippen molar-refractivity contribution >= 4 is 11.5 Å². The highest BCUT2D eigenvalue weighted by molar-refractivity contribution is 5.51. The second-order valence-corrected chi connectivity index (χ2v) is 6.62. The molecule has 0 saturated carbocycles. The predicted octanol–water partition coefficient (Wildman–Crippen LogP) is 2.38. The summed E-state index contributed by atoms with van der Waals surface area (Å²) < 4.78 is 0. The maximum Gasteiger partial charge on any atom is 0.133 e. The molecule has 5 heteroatoms. The van der Waals surface area contributed by atoms with Crippen molar-refractivity contribution in [2.24, 2.45) is 0 Å². The van der Waals surface area contributed by atoms with Gasteiger partial charge in [0.15, 0.2) is 0 Å². The van der Waals surface area contributed by atoms with Crippen LogP contribution in [0.5, 0.6) is 0 Å². The third-order valence-corrected chi connectivity index (χ3v) is 4.97.